The maximum Gasteiger partial charge on any atom is 0.230 e. The third-order valence-electron chi connectivity index (χ3n) is 6.46. The average molecular weight is 401 g/mol. The normalized spacial score (nSPS) is 25.2. The number of hydrogen-bond donors (Lipinski definition) is 0. The van der Waals surface area contributed by atoms with E-state index < -0.39 is 5.41 Å². The molecular weight excluding hydrogens is 368 g/mol. The second-order valence-electron chi connectivity index (χ2n) is 8.78. The van der Waals surface area contributed by atoms with Crippen molar-refractivity contribution in [2.75, 3.05) is 39.9 Å². The molecule has 2 aromatic heterocycles. The van der Waals surface area contributed by atoms with E-state index >= 15 is 0 Å². The summed E-state index contributed by atoms with van der Waals surface area (Å²) in [7, 11) is 3.62. The Morgan fingerprint density at radius 3 is 2.83 bits per heavy atom. The van der Waals surface area contributed by atoms with Crippen LogP contribution < -0.4 is 0 Å². The van der Waals surface area contributed by atoms with Gasteiger partial charge in [-0.15, -0.1) is 0 Å². The maximum absolute atomic E-state index is 13.6. The van der Waals surface area contributed by atoms with Crippen LogP contribution in [-0.2, 0) is 23.1 Å². The van der Waals surface area contributed by atoms with Gasteiger partial charge in [-0.1, -0.05) is 0 Å². The maximum atomic E-state index is 13.6. The first kappa shape index (κ1) is 20.1. The minimum atomic E-state index is -0.397. The Morgan fingerprint density at radius 2 is 2.17 bits per heavy atom. The molecular formula is C21H32N6O2. The summed E-state index contributed by atoms with van der Waals surface area (Å²) in [5.41, 5.74) is 1.82. The lowest BCUT2D eigenvalue weighted by molar-refractivity contribution is -0.136. The molecule has 0 N–H and O–H groups in total. The zero-order valence-corrected chi connectivity index (χ0v) is 17.9. The van der Waals surface area contributed by atoms with Gasteiger partial charge in [-0.25, -0.2) is 4.98 Å². The Kier molecular flexibility index (Phi) is 5.48. The van der Waals surface area contributed by atoms with E-state index in [9.17, 15) is 4.79 Å². The number of ether oxygens (including phenoxy) is 1. The Hall–Kier alpha value is -2.19. The van der Waals surface area contributed by atoms with Crippen molar-refractivity contribution in [3.8, 4) is 0 Å². The average Bonchev–Trinajstić information content (AvgIpc) is 3.44. The highest BCUT2D eigenvalue weighted by Crippen LogP contribution is 2.49. The summed E-state index contributed by atoms with van der Waals surface area (Å²) in [5, 5.41) is 4.29. The van der Waals surface area contributed by atoms with Crippen molar-refractivity contribution < 1.29 is 9.53 Å². The molecule has 29 heavy (non-hydrogen) atoms. The second-order valence-corrected chi connectivity index (χ2v) is 8.78. The van der Waals surface area contributed by atoms with E-state index in [0.717, 1.165) is 38.3 Å². The topological polar surface area (TPSA) is 68.4 Å². The fourth-order valence-electron chi connectivity index (χ4n) is 4.87. The van der Waals surface area contributed by atoms with Gasteiger partial charge in [0.25, 0.3) is 0 Å². The number of nitrogens with zero attached hydrogens (tertiary/aromatic N) is 6. The summed E-state index contributed by atoms with van der Waals surface area (Å²) in [4.78, 5) is 22.7. The molecule has 0 aromatic carbocycles. The predicted octanol–water partition coefficient (Wildman–Crippen LogP) is 1.66. The van der Waals surface area contributed by atoms with Crippen molar-refractivity contribution >= 4 is 5.91 Å². The number of hydrogen-bond acceptors (Lipinski definition) is 5. The largest absolute Gasteiger partial charge is 0.383 e. The van der Waals surface area contributed by atoms with Crippen LogP contribution in [0.3, 0.4) is 0 Å². The minimum Gasteiger partial charge on any atom is -0.383 e. The molecule has 2 aliphatic rings. The van der Waals surface area contributed by atoms with E-state index in [-0.39, 0.29) is 11.8 Å². The van der Waals surface area contributed by atoms with Crippen LogP contribution in [-0.4, -0.2) is 74.9 Å². The van der Waals surface area contributed by atoms with Crippen LogP contribution in [0.5, 0.6) is 0 Å². The first-order valence-electron chi connectivity index (χ1n) is 10.4. The smallest absolute Gasteiger partial charge is 0.230 e. The number of imidazole rings is 1. The predicted molar refractivity (Wildman–Crippen MR) is 109 cm³/mol. The molecule has 4 rings (SSSR count). The van der Waals surface area contributed by atoms with E-state index in [1.54, 1.807) is 7.11 Å². The first-order chi connectivity index (χ1) is 13.9. The number of amides is 1. The Labute approximate surface area is 172 Å². The number of rotatable bonds is 7. The molecule has 4 heterocycles. The van der Waals surface area contributed by atoms with Crippen LogP contribution in [0.15, 0.2) is 24.9 Å². The number of methoxy groups -OCH3 is 1. The van der Waals surface area contributed by atoms with Gasteiger partial charge in [0.2, 0.25) is 5.91 Å². The number of aromatic nitrogens is 4. The molecule has 2 aliphatic heterocycles. The minimum absolute atomic E-state index is 0.110. The molecule has 2 aromatic rings. The zero-order valence-electron chi connectivity index (χ0n) is 17.9. The first-order valence-corrected chi connectivity index (χ1v) is 10.4. The quantitative estimate of drug-likeness (QED) is 0.707. The Bertz CT molecular complexity index is 859. The van der Waals surface area contributed by atoms with E-state index in [1.807, 2.05) is 29.2 Å². The third-order valence-corrected chi connectivity index (χ3v) is 6.46. The van der Waals surface area contributed by atoms with Gasteiger partial charge in [-0.3, -0.25) is 14.4 Å². The summed E-state index contributed by atoms with van der Waals surface area (Å²) >= 11 is 0. The molecule has 0 unspecified atom stereocenters. The van der Waals surface area contributed by atoms with Crippen molar-refractivity contribution in [1.29, 1.82) is 0 Å². The van der Waals surface area contributed by atoms with Gasteiger partial charge in [0.05, 0.1) is 30.2 Å². The molecule has 8 nitrogen and oxygen atoms in total. The molecule has 0 saturated carbocycles. The molecule has 8 heteroatoms. The number of likely N-dealkylation sites (tertiary alicyclic amines) is 2. The molecule has 0 radical (unpaired) electrons. The molecule has 1 amide bonds. The molecule has 1 spiro atoms. The van der Waals surface area contributed by atoms with Gasteiger partial charge in [0, 0.05) is 76.8 Å². The van der Waals surface area contributed by atoms with Crippen molar-refractivity contribution in [3.63, 3.8) is 0 Å². The lowest BCUT2D eigenvalue weighted by Crippen LogP contribution is -2.40. The van der Waals surface area contributed by atoms with Crippen LogP contribution in [0.1, 0.15) is 43.5 Å². The van der Waals surface area contributed by atoms with Crippen molar-refractivity contribution in [2.45, 2.75) is 38.8 Å². The Balaban J connectivity index is 1.61. The van der Waals surface area contributed by atoms with Gasteiger partial charge >= 0.3 is 0 Å². The zero-order chi connectivity index (χ0) is 20.6. The highest BCUT2D eigenvalue weighted by Gasteiger charge is 2.57. The molecule has 158 valence electrons. The van der Waals surface area contributed by atoms with Crippen LogP contribution in [0.4, 0.5) is 0 Å². The summed E-state index contributed by atoms with van der Waals surface area (Å²) < 4.78 is 9.18. The van der Waals surface area contributed by atoms with Gasteiger partial charge in [-0.05, 0) is 20.3 Å². The van der Waals surface area contributed by atoms with Crippen LogP contribution in [0, 0.1) is 5.41 Å². The van der Waals surface area contributed by atoms with Crippen LogP contribution >= 0.6 is 0 Å². The highest BCUT2D eigenvalue weighted by atomic mass is 16.5. The molecule has 2 saturated heterocycles. The van der Waals surface area contributed by atoms with E-state index in [2.05, 4.69) is 40.8 Å². The second kappa shape index (κ2) is 7.91. The highest BCUT2D eigenvalue weighted by molar-refractivity contribution is 5.86. The summed E-state index contributed by atoms with van der Waals surface area (Å²) in [6.45, 7) is 8.75. The van der Waals surface area contributed by atoms with Crippen molar-refractivity contribution in [3.05, 3.63) is 36.2 Å². The van der Waals surface area contributed by atoms with Gasteiger partial charge < -0.3 is 14.2 Å². The van der Waals surface area contributed by atoms with Crippen LogP contribution in [0.25, 0.3) is 0 Å². The van der Waals surface area contributed by atoms with E-state index in [4.69, 9.17) is 9.72 Å². The van der Waals surface area contributed by atoms with E-state index in [1.165, 1.54) is 5.56 Å². The monoisotopic (exact) mass is 400 g/mol. The fraction of sp³-hybridized carbons (Fsp3) is 0.667. The number of carbonyl (C=O) groups excluding carboxylic acids is 1. The number of carbonyl (C=O) groups is 1. The third kappa shape index (κ3) is 3.71. The van der Waals surface area contributed by atoms with Crippen LogP contribution in [0.2, 0.25) is 0 Å². The van der Waals surface area contributed by atoms with Gasteiger partial charge in [0.1, 0.15) is 0 Å². The lowest BCUT2D eigenvalue weighted by Gasteiger charge is -2.28. The lowest BCUT2D eigenvalue weighted by atomic mass is 9.75. The van der Waals surface area contributed by atoms with Gasteiger partial charge in [0.15, 0.2) is 0 Å². The summed E-state index contributed by atoms with van der Waals surface area (Å²) in [6.07, 6.45) is 8.87. The molecule has 2 atom stereocenters. The molecule has 0 bridgehead atoms. The summed E-state index contributed by atoms with van der Waals surface area (Å²) in [6, 6.07) is 0.359. The van der Waals surface area contributed by atoms with Crippen molar-refractivity contribution in [2.24, 2.45) is 12.5 Å². The fourth-order valence-corrected chi connectivity index (χ4v) is 4.87. The SMILES string of the molecule is COCCN1CC[C@@]2(CN(Cc3cnn(C)c3)C[C@H]2c2cn(C(C)C)cn2)C1=O. The Morgan fingerprint density at radius 1 is 1.34 bits per heavy atom. The van der Waals surface area contributed by atoms with E-state index in [0.29, 0.717) is 19.2 Å². The number of aryl methyl sites for hydroxylation is 1. The van der Waals surface area contributed by atoms with Gasteiger partial charge in [-0.2, -0.15) is 5.10 Å². The molecule has 0 aliphatic carbocycles. The molecule has 2 fully saturated rings. The van der Waals surface area contributed by atoms with Crippen molar-refractivity contribution in [1.82, 2.24) is 29.1 Å². The summed E-state index contributed by atoms with van der Waals surface area (Å²) in [5.74, 6) is 0.367. The standard InChI is InChI=1S/C21H32N6O2/c1-16(2)27-13-19(22-15-27)18-12-25(11-17-9-23-24(3)10-17)14-21(18)5-6-26(20(21)28)7-8-29-4/h9-10,13,15-16,18H,5-8,11-12,14H2,1-4H3/t18-,21-/m0/s1.